The van der Waals surface area contributed by atoms with E-state index in [1.807, 2.05) is 38.1 Å². The van der Waals surface area contributed by atoms with Crippen LogP contribution < -0.4 is 10.6 Å². The van der Waals surface area contributed by atoms with Crippen LogP contribution in [0.2, 0.25) is 0 Å². The van der Waals surface area contributed by atoms with Gasteiger partial charge in [-0.15, -0.1) is 0 Å². The standard InChI is InChI=1S/C26H41N3O6/c1-8-10-11-16-29(24(32)18(3)28-25(33)35-26(4,5)6)22(23(31)27-17-21(30)34-7)20-14-12-19(9-2)13-15-20/h12-15,18,22H,8-11,16-17H2,1-7H3,(H,27,31)(H,28,33). The van der Waals surface area contributed by atoms with Crippen LogP contribution in [-0.4, -0.2) is 60.6 Å². The van der Waals surface area contributed by atoms with Crippen LogP contribution in [-0.2, 0) is 30.3 Å². The second-order valence-electron chi connectivity index (χ2n) is 9.40. The molecule has 0 spiro atoms. The highest BCUT2D eigenvalue weighted by Crippen LogP contribution is 2.24. The number of hydrogen-bond acceptors (Lipinski definition) is 6. The molecule has 0 aliphatic rings. The number of methoxy groups -OCH3 is 1. The summed E-state index contributed by atoms with van der Waals surface area (Å²) in [7, 11) is 1.24. The van der Waals surface area contributed by atoms with Crippen molar-refractivity contribution < 1.29 is 28.7 Å². The lowest BCUT2D eigenvalue weighted by atomic mass is 10.00. The molecule has 0 saturated heterocycles. The Morgan fingerprint density at radius 3 is 2.17 bits per heavy atom. The fraction of sp³-hybridized carbons (Fsp3) is 0.615. The van der Waals surface area contributed by atoms with Gasteiger partial charge in [0.1, 0.15) is 24.2 Å². The van der Waals surface area contributed by atoms with Gasteiger partial charge in [-0.2, -0.15) is 0 Å². The molecule has 0 fully saturated rings. The molecule has 0 radical (unpaired) electrons. The monoisotopic (exact) mass is 491 g/mol. The van der Waals surface area contributed by atoms with Crippen molar-refractivity contribution in [3.63, 3.8) is 0 Å². The van der Waals surface area contributed by atoms with Gasteiger partial charge in [0.25, 0.3) is 0 Å². The molecule has 0 bridgehead atoms. The lowest BCUT2D eigenvalue weighted by molar-refractivity contribution is -0.144. The molecular formula is C26H41N3O6. The number of ether oxygens (including phenoxy) is 2. The van der Waals surface area contributed by atoms with Gasteiger partial charge >= 0.3 is 12.1 Å². The molecule has 196 valence electrons. The van der Waals surface area contributed by atoms with E-state index in [4.69, 9.17) is 4.74 Å². The third kappa shape index (κ3) is 10.4. The molecule has 35 heavy (non-hydrogen) atoms. The van der Waals surface area contributed by atoms with Crippen molar-refractivity contribution in [2.75, 3.05) is 20.2 Å². The number of aryl methyl sites for hydroxylation is 1. The highest BCUT2D eigenvalue weighted by molar-refractivity contribution is 5.93. The molecule has 0 aliphatic heterocycles. The summed E-state index contributed by atoms with van der Waals surface area (Å²) in [5.74, 6) is -1.53. The Kier molecular flexibility index (Phi) is 12.3. The first-order chi connectivity index (χ1) is 16.4. The summed E-state index contributed by atoms with van der Waals surface area (Å²) in [5.41, 5.74) is 0.982. The average Bonchev–Trinajstić information content (AvgIpc) is 2.80. The number of unbranched alkanes of at least 4 members (excludes halogenated alkanes) is 2. The molecule has 1 aromatic rings. The number of nitrogens with zero attached hydrogens (tertiary/aromatic N) is 1. The molecule has 2 unspecified atom stereocenters. The zero-order chi connectivity index (χ0) is 26.6. The first kappa shape index (κ1) is 29.9. The largest absolute Gasteiger partial charge is 0.468 e. The minimum atomic E-state index is -0.988. The van der Waals surface area contributed by atoms with E-state index in [-0.39, 0.29) is 6.54 Å². The van der Waals surface area contributed by atoms with Gasteiger partial charge in [-0.1, -0.05) is 51.0 Å². The topological polar surface area (TPSA) is 114 Å². The molecule has 0 saturated carbocycles. The average molecular weight is 492 g/mol. The Labute approximate surface area is 208 Å². The fourth-order valence-corrected chi connectivity index (χ4v) is 3.43. The number of rotatable bonds is 12. The van der Waals surface area contributed by atoms with Gasteiger partial charge in [-0.25, -0.2) is 4.79 Å². The number of esters is 1. The first-order valence-corrected chi connectivity index (χ1v) is 12.2. The summed E-state index contributed by atoms with van der Waals surface area (Å²) in [6.07, 6.45) is 2.58. The molecule has 0 aliphatic carbocycles. The molecule has 2 atom stereocenters. The van der Waals surface area contributed by atoms with E-state index in [2.05, 4.69) is 15.4 Å². The summed E-state index contributed by atoms with van der Waals surface area (Å²) in [6.45, 7) is 10.8. The van der Waals surface area contributed by atoms with Gasteiger partial charge in [0.15, 0.2) is 0 Å². The van der Waals surface area contributed by atoms with Crippen LogP contribution in [0.3, 0.4) is 0 Å². The summed E-state index contributed by atoms with van der Waals surface area (Å²) in [6, 6.07) is 5.52. The summed E-state index contributed by atoms with van der Waals surface area (Å²) >= 11 is 0. The van der Waals surface area contributed by atoms with Crippen molar-refractivity contribution in [1.82, 2.24) is 15.5 Å². The SMILES string of the molecule is CCCCCN(C(=O)C(C)NC(=O)OC(C)(C)C)C(C(=O)NCC(=O)OC)c1ccc(CC)cc1. The summed E-state index contributed by atoms with van der Waals surface area (Å²) < 4.78 is 9.91. The molecule has 9 heteroatoms. The summed E-state index contributed by atoms with van der Waals surface area (Å²) in [4.78, 5) is 52.2. The van der Waals surface area contributed by atoms with Gasteiger partial charge < -0.3 is 25.0 Å². The second-order valence-corrected chi connectivity index (χ2v) is 9.40. The van der Waals surface area contributed by atoms with E-state index < -0.39 is 41.6 Å². The number of nitrogens with one attached hydrogen (secondary N) is 2. The molecule has 3 amide bonds. The molecule has 0 heterocycles. The Hall–Kier alpha value is -3.10. The number of carbonyl (C=O) groups excluding carboxylic acids is 4. The van der Waals surface area contributed by atoms with Gasteiger partial charge in [0.05, 0.1) is 7.11 Å². The minimum absolute atomic E-state index is 0.304. The predicted molar refractivity (Wildman–Crippen MR) is 134 cm³/mol. The van der Waals surface area contributed by atoms with Gasteiger partial charge in [0.2, 0.25) is 11.8 Å². The van der Waals surface area contributed by atoms with E-state index in [0.29, 0.717) is 18.5 Å². The third-order valence-electron chi connectivity index (χ3n) is 5.29. The van der Waals surface area contributed by atoms with Crippen LogP contribution in [0.4, 0.5) is 4.79 Å². The smallest absolute Gasteiger partial charge is 0.408 e. The maximum atomic E-state index is 13.6. The van der Waals surface area contributed by atoms with Gasteiger partial charge in [0, 0.05) is 6.54 Å². The first-order valence-electron chi connectivity index (χ1n) is 12.2. The van der Waals surface area contributed by atoms with Crippen LogP contribution in [0, 0.1) is 0 Å². The van der Waals surface area contributed by atoms with Crippen molar-refractivity contribution in [2.24, 2.45) is 0 Å². The van der Waals surface area contributed by atoms with Crippen LogP contribution in [0.25, 0.3) is 0 Å². The van der Waals surface area contributed by atoms with Crippen molar-refractivity contribution in [2.45, 2.75) is 84.9 Å². The van der Waals surface area contributed by atoms with E-state index in [1.54, 1.807) is 27.7 Å². The Morgan fingerprint density at radius 2 is 1.66 bits per heavy atom. The summed E-state index contributed by atoms with van der Waals surface area (Å²) in [5, 5.41) is 5.15. The number of carbonyl (C=O) groups is 4. The molecule has 0 aromatic heterocycles. The Balaban J connectivity index is 3.30. The predicted octanol–water partition coefficient (Wildman–Crippen LogP) is 3.51. The minimum Gasteiger partial charge on any atom is -0.468 e. The zero-order valence-electron chi connectivity index (χ0n) is 22.1. The van der Waals surface area contributed by atoms with Crippen LogP contribution in [0.15, 0.2) is 24.3 Å². The molecule has 1 rings (SSSR count). The molecule has 2 N–H and O–H groups in total. The van der Waals surface area contributed by atoms with Crippen molar-refractivity contribution in [1.29, 1.82) is 0 Å². The lowest BCUT2D eigenvalue weighted by Crippen LogP contribution is -2.52. The van der Waals surface area contributed by atoms with Crippen LogP contribution in [0.5, 0.6) is 0 Å². The van der Waals surface area contributed by atoms with Crippen molar-refractivity contribution in [3.8, 4) is 0 Å². The number of alkyl carbamates (subject to hydrolysis) is 1. The highest BCUT2D eigenvalue weighted by Gasteiger charge is 2.34. The second kappa shape index (κ2) is 14.3. The highest BCUT2D eigenvalue weighted by atomic mass is 16.6. The van der Waals surface area contributed by atoms with E-state index in [9.17, 15) is 19.2 Å². The van der Waals surface area contributed by atoms with E-state index in [1.165, 1.54) is 12.0 Å². The Bertz CT molecular complexity index is 848. The molecule has 9 nitrogen and oxygen atoms in total. The van der Waals surface area contributed by atoms with Crippen molar-refractivity contribution >= 4 is 23.9 Å². The van der Waals surface area contributed by atoms with Crippen LogP contribution >= 0.6 is 0 Å². The lowest BCUT2D eigenvalue weighted by Gasteiger charge is -2.33. The van der Waals surface area contributed by atoms with E-state index in [0.717, 1.165) is 24.8 Å². The Morgan fingerprint density at radius 1 is 1.03 bits per heavy atom. The number of benzene rings is 1. The normalized spacial score (nSPS) is 12.8. The van der Waals surface area contributed by atoms with Crippen molar-refractivity contribution in [3.05, 3.63) is 35.4 Å². The maximum Gasteiger partial charge on any atom is 0.408 e. The molecular weight excluding hydrogens is 450 g/mol. The van der Waals surface area contributed by atoms with Gasteiger partial charge in [-0.05, 0) is 51.7 Å². The quantitative estimate of drug-likeness (QED) is 0.342. The number of hydrogen-bond donors (Lipinski definition) is 2. The number of amides is 3. The fourth-order valence-electron chi connectivity index (χ4n) is 3.43. The zero-order valence-corrected chi connectivity index (χ0v) is 22.1. The molecule has 1 aromatic carbocycles. The van der Waals surface area contributed by atoms with Gasteiger partial charge in [-0.3, -0.25) is 14.4 Å². The third-order valence-corrected chi connectivity index (χ3v) is 5.29. The van der Waals surface area contributed by atoms with Crippen LogP contribution in [0.1, 0.15) is 78.0 Å². The maximum absolute atomic E-state index is 13.6. The van der Waals surface area contributed by atoms with E-state index >= 15 is 0 Å².